The molecule has 0 aliphatic heterocycles. The topological polar surface area (TPSA) is 26.0 Å². The molecule has 1 aromatic carbocycles. The van der Waals surface area contributed by atoms with E-state index in [0.717, 1.165) is 10.9 Å². The van der Waals surface area contributed by atoms with Crippen molar-refractivity contribution in [2.45, 2.75) is 13.3 Å². The highest BCUT2D eigenvalue weighted by Gasteiger charge is 1.93. The van der Waals surface area contributed by atoms with Crippen LogP contribution in [0, 0.1) is 6.92 Å². The summed E-state index contributed by atoms with van der Waals surface area (Å²) in [6, 6.07) is 6.27. The van der Waals surface area contributed by atoms with E-state index in [1.807, 2.05) is 0 Å². The standard InChI is InChI=1S/C11H14BrN/c1-9-8-11(12)6-5-10(9)4-2-3-7-13/h2,4-6,8H,3,7,13H2,1H3. The first-order valence-electron chi connectivity index (χ1n) is 4.37. The maximum atomic E-state index is 5.40. The van der Waals surface area contributed by atoms with Gasteiger partial charge in [-0.15, -0.1) is 0 Å². The summed E-state index contributed by atoms with van der Waals surface area (Å²) in [5, 5.41) is 0. The van der Waals surface area contributed by atoms with Gasteiger partial charge in [-0.2, -0.15) is 0 Å². The van der Waals surface area contributed by atoms with Crippen LogP contribution in [0.15, 0.2) is 28.7 Å². The zero-order valence-electron chi connectivity index (χ0n) is 7.76. The maximum Gasteiger partial charge on any atom is 0.0178 e. The highest BCUT2D eigenvalue weighted by Crippen LogP contribution is 2.16. The van der Waals surface area contributed by atoms with Crippen molar-refractivity contribution in [1.82, 2.24) is 0 Å². The van der Waals surface area contributed by atoms with Gasteiger partial charge in [0.05, 0.1) is 0 Å². The van der Waals surface area contributed by atoms with E-state index >= 15 is 0 Å². The third-order valence-corrected chi connectivity index (χ3v) is 2.36. The normalized spacial score (nSPS) is 11.0. The second-order valence-corrected chi connectivity index (χ2v) is 3.90. The molecular formula is C11H14BrN. The number of hydrogen-bond acceptors (Lipinski definition) is 1. The molecule has 2 N–H and O–H groups in total. The Labute approximate surface area is 87.8 Å². The number of aryl methyl sites for hydroxylation is 1. The average Bonchev–Trinajstić information content (AvgIpc) is 2.09. The van der Waals surface area contributed by atoms with Gasteiger partial charge in [-0.25, -0.2) is 0 Å². The lowest BCUT2D eigenvalue weighted by Crippen LogP contribution is -1.95. The Morgan fingerprint density at radius 2 is 2.23 bits per heavy atom. The maximum absolute atomic E-state index is 5.40. The van der Waals surface area contributed by atoms with Crippen LogP contribution in [0.2, 0.25) is 0 Å². The number of nitrogens with two attached hydrogens (primary N) is 1. The lowest BCUT2D eigenvalue weighted by molar-refractivity contribution is 1.01. The Kier molecular flexibility index (Phi) is 4.19. The van der Waals surface area contributed by atoms with Crippen LogP contribution in [-0.2, 0) is 0 Å². The molecule has 0 saturated heterocycles. The molecule has 70 valence electrons. The van der Waals surface area contributed by atoms with Crippen molar-refractivity contribution >= 4 is 22.0 Å². The first-order chi connectivity index (χ1) is 6.24. The van der Waals surface area contributed by atoms with Gasteiger partial charge in [0.15, 0.2) is 0 Å². The summed E-state index contributed by atoms with van der Waals surface area (Å²) < 4.78 is 1.13. The second kappa shape index (κ2) is 5.20. The Hall–Kier alpha value is -0.600. The molecule has 2 heteroatoms. The monoisotopic (exact) mass is 239 g/mol. The minimum Gasteiger partial charge on any atom is -0.330 e. The molecule has 0 fully saturated rings. The Morgan fingerprint density at radius 3 is 2.85 bits per heavy atom. The van der Waals surface area contributed by atoms with E-state index in [4.69, 9.17) is 5.73 Å². The van der Waals surface area contributed by atoms with Crippen LogP contribution in [0.3, 0.4) is 0 Å². The molecule has 1 aromatic rings. The molecule has 13 heavy (non-hydrogen) atoms. The van der Waals surface area contributed by atoms with Crippen molar-refractivity contribution in [3.8, 4) is 0 Å². The molecule has 0 unspecified atom stereocenters. The zero-order valence-corrected chi connectivity index (χ0v) is 9.34. The highest BCUT2D eigenvalue weighted by molar-refractivity contribution is 9.10. The van der Waals surface area contributed by atoms with Crippen LogP contribution in [0.5, 0.6) is 0 Å². The van der Waals surface area contributed by atoms with E-state index < -0.39 is 0 Å². The Balaban J connectivity index is 2.77. The molecular weight excluding hydrogens is 226 g/mol. The first kappa shape index (κ1) is 10.5. The van der Waals surface area contributed by atoms with Crippen LogP contribution in [0.1, 0.15) is 17.5 Å². The minimum absolute atomic E-state index is 0.714. The molecule has 0 amide bonds. The van der Waals surface area contributed by atoms with E-state index in [1.54, 1.807) is 0 Å². The predicted octanol–water partition coefficient (Wildman–Crippen LogP) is 3.12. The van der Waals surface area contributed by atoms with Crippen molar-refractivity contribution in [2.75, 3.05) is 6.54 Å². The molecule has 0 radical (unpaired) electrons. The van der Waals surface area contributed by atoms with Gasteiger partial charge in [-0.3, -0.25) is 0 Å². The lowest BCUT2D eigenvalue weighted by Gasteiger charge is -2.00. The van der Waals surface area contributed by atoms with Crippen molar-refractivity contribution in [1.29, 1.82) is 0 Å². The minimum atomic E-state index is 0.714. The SMILES string of the molecule is Cc1cc(Br)ccc1C=CCCN. The van der Waals surface area contributed by atoms with Gasteiger partial charge in [0.1, 0.15) is 0 Å². The van der Waals surface area contributed by atoms with Crippen LogP contribution in [0.4, 0.5) is 0 Å². The number of benzene rings is 1. The quantitative estimate of drug-likeness (QED) is 0.863. The summed E-state index contributed by atoms with van der Waals surface area (Å²) >= 11 is 3.43. The van der Waals surface area contributed by atoms with E-state index in [1.165, 1.54) is 11.1 Å². The molecule has 0 saturated carbocycles. The van der Waals surface area contributed by atoms with Crippen molar-refractivity contribution in [2.24, 2.45) is 5.73 Å². The summed E-state index contributed by atoms with van der Waals surface area (Å²) in [5.41, 5.74) is 7.94. The summed E-state index contributed by atoms with van der Waals surface area (Å²) in [6.07, 6.45) is 5.17. The second-order valence-electron chi connectivity index (χ2n) is 2.98. The van der Waals surface area contributed by atoms with Gasteiger partial charge < -0.3 is 5.73 Å². The highest BCUT2D eigenvalue weighted by atomic mass is 79.9. The average molecular weight is 240 g/mol. The van der Waals surface area contributed by atoms with E-state index in [-0.39, 0.29) is 0 Å². The van der Waals surface area contributed by atoms with E-state index in [2.05, 4.69) is 53.2 Å². The molecule has 0 bridgehead atoms. The molecule has 0 heterocycles. The molecule has 0 aromatic heterocycles. The van der Waals surface area contributed by atoms with E-state index in [0.29, 0.717) is 6.54 Å². The lowest BCUT2D eigenvalue weighted by atomic mass is 10.1. The van der Waals surface area contributed by atoms with E-state index in [9.17, 15) is 0 Å². The van der Waals surface area contributed by atoms with Gasteiger partial charge >= 0.3 is 0 Å². The van der Waals surface area contributed by atoms with Gasteiger partial charge in [0.2, 0.25) is 0 Å². The largest absolute Gasteiger partial charge is 0.330 e. The van der Waals surface area contributed by atoms with Gasteiger partial charge in [-0.1, -0.05) is 34.1 Å². The first-order valence-corrected chi connectivity index (χ1v) is 5.16. The number of hydrogen-bond donors (Lipinski definition) is 1. The molecule has 0 aliphatic carbocycles. The molecule has 1 rings (SSSR count). The summed E-state index contributed by atoms with van der Waals surface area (Å²) in [7, 11) is 0. The van der Waals surface area contributed by atoms with Gasteiger partial charge in [0.25, 0.3) is 0 Å². The third kappa shape index (κ3) is 3.33. The van der Waals surface area contributed by atoms with Crippen LogP contribution in [0.25, 0.3) is 6.08 Å². The third-order valence-electron chi connectivity index (χ3n) is 1.86. The number of rotatable bonds is 3. The summed E-state index contributed by atoms with van der Waals surface area (Å²) in [4.78, 5) is 0. The smallest absolute Gasteiger partial charge is 0.0178 e. The zero-order chi connectivity index (χ0) is 9.68. The Bertz CT molecular complexity index is 305. The molecule has 1 nitrogen and oxygen atoms in total. The van der Waals surface area contributed by atoms with Gasteiger partial charge in [-0.05, 0) is 43.1 Å². The van der Waals surface area contributed by atoms with Crippen molar-refractivity contribution in [3.63, 3.8) is 0 Å². The fraction of sp³-hybridized carbons (Fsp3) is 0.273. The number of halogens is 1. The fourth-order valence-corrected chi connectivity index (χ4v) is 1.61. The van der Waals surface area contributed by atoms with Crippen molar-refractivity contribution < 1.29 is 0 Å². The molecule has 0 atom stereocenters. The van der Waals surface area contributed by atoms with Crippen molar-refractivity contribution in [3.05, 3.63) is 39.9 Å². The fourth-order valence-electron chi connectivity index (χ4n) is 1.13. The van der Waals surface area contributed by atoms with Crippen LogP contribution >= 0.6 is 15.9 Å². The summed E-state index contributed by atoms with van der Waals surface area (Å²) in [6.45, 7) is 2.82. The summed E-state index contributed by atoms with van der Waals surface area (Å²) in [5.74, 6) is 0. The Morgan fingerprint density at radius 1 is 1.46 bits per heavy atom. The van der Waals surface area contributed by atoms with Crippen LogP contribution in [-0.4, -0.2) is 6.54 Å². The van der Waals surface area contributed by atoms with Gasteiger partial charge in [0, 0.05) is 4.47 Å². The molecule has 0 spiro atoms. The molecule has 0 aliphatic rings. The predicted molar refractivity (Wildman–Crippen MR) is 61.6 cm³/mol. The van der Waals surface area contributed by atoms with Crippen LogP contribution < -0.4 is 5.73 Å².